The van der Waals surface area contributed by atoms with Gasteiger partial charge in [-0.15, -0.1) is 0 Å². The predicted octanol–water partition coefficient (Wildman–Crippen LogP) is 1.17. The van der Waals surface area contributed by atoms with Crippen LogP contribution in [0.2, 0.25) is 0 Å². The van der Waals surface area contributed by atoms with E-state index in [4.69, 9.17) is 10.00 Å². The number of benzene rings is 1. The molecule has 0 spiro atoms. The number of methoxy groups -OCH3 is 2. The Morgan fingerprint density at radius 2 is 2.12 bits per heavy atom. The maximum Gasteiger partial charge on any atom is 0.338 e. The third-order valence-corrected chi connectivity index (χ3v) is 2.02. The molecule has 1 aromatic rings. The summed E-state index contributed by atoms with van der Waals surface area (Å²) in [4.78, 5) is 22.1. The Kier molecular flexibility index (Phi) is 3.62. The summed E-state index contributed by atoms with van der Waals surface area (Å²) in [5.41, 5.74) is 0.370. The molecule has 0 saturated carbocycles. The summed E-state index contributed by atoms with van der Waals surface area (Å²) in [7, 11) is 2.58. The van der Waals surface area contributed by atoms with E-state index < -0.39 is 5.97 Å². The fourth-order valence-corrected chi connectivity index (χ4v) is 1.24. The van der Waals surface area contributed by atoms with E-state index in [1.807, 2.05) is 6.07 Å². The van der Waals surface area contributed by atoms with Crippen LogP contribution >= 0.6 is 0 Å². The van der Waals surface area contributed by atoms with Gasteiger partial charge in [0.15, 0.2) is 6.29 Å². The van der Waals surface area contributed by atoms with Crippen molar-refractivity contribution in [3.05, 3.63) is 28.8 Å². The lowest BCUT2D eigenvalue weighted by Crippen LogP contribution is -2.06. The molecule has 5 heteroatoms. The van der Waals surface area contributed by atoms with Crippen LogP contribution in [-0.4, -0.2) is 26.5 Å². The average molecular weight is 219 g/mol. The highest BCUT2D eigenvalue weighted by molar-refractivity contribution is 5.99. The van der Waals surface area contributed by atoms with Crippen LogP contribution in [-0.2, 0) is 4.74 Å². The SMILES string of the molecule is COC(=O)c1cc(OC)c(C#N)cc1C=O. The Morgan fingerprint density at radius 1 is 1.44 bits per heavy atom. The molecule has 0 fully saturated rings. The number of hydrogen-bond acceptors (Lipinski definition) is 5. The Labute approximate surface area is 92.2 Å². The van der Waals surface area contributed by atoms with Crippen molar-refractivity contribution < 1.29 is 19.1 Å². The van der Waals surface area contributed by atoms with Gasteiger partial charge < -0.3 is 9.47 Å². The summed E-state index contributed by atoms with van der Waals surface area (Å²) in [6.45, 7) is 0. The number of aldehydes is 1. The fraction of sp³-hybridized carbons (Fsp3) is 0.182. The number of carbonyl (C=O) groups excluding carboxylic acids is 2. The molecule has 0 amide bonds. The van der Waals surface area contributed by atoms with Gasteiger partial charge in [0.1, 0.15) is 11.8 Å². The molecule has 0 aliphatic heterocycles. The molecule has 5 nitrogen and oxygen atoms in total. The number of carbonyl (C=O) groups is 2. The van der Waals surface area contributed by atoms with E-state index in [9.17, 15) is 9.59 Å². The Bertz CT molecular complexity index is 474. The lowest BCUT2D eigenvalue weighted by Gasteiger charge is -2.07. The number of rotatable bonds is 3. The molecule has 0 aromatic heterocycles. The maximum absolute atomic E-state index is 11.3. The third kappa shape index (κ3) is 2.01. The molecule has 82 valence electrons. The number of nitrogens with zero attached hydrogens (tertiary/aromatic N) is 1. The van der Waals surface area contributed by atoms with Gasteiger partial charge in [0.25, 0.3) is 0 Å². The van der Waals surface area contributed by atoms with Crippen LogP contribution in [0.4, 0.5) is 0 Å². The largest absolute Gasteiger partial charge is 0.495 e. The van der Waals surface area contributed by atoms with Crippen LogP contribution in [0.15, 0.2) is 12.1 Å². The van der Waals surface area contributed by atoms with Crippen LogP contribution < -0.4 is 4.74 Å². The maximum atomic E-state index is 11.3. The van der Waals surface area contributed by atoms with Crippen molar-refractivity contribution in [3.8, 4) is 11.8 Å². The van der Waals surface area contributed by atoms with Gasteiger partial charge in [-0.25, -0.2) is 4.79 Å². The highest BCUT2D eigenvalue weighted by Crippen LogP contribution is 2.22. The standard InChI is InChI=1S/C11H9NO4/c1-15-10-4-9(11(14)16-2)8(6-13)3-7(10)5-12/h3-4,6H,1-2H3. The summed E-state index contributed by atoms with van der Waals surface area (Å²) in [5, 5.41) is 8.79. The molecule has 16 heavy (non-hydrogen) atoms. The molecular weight excluding hydrogens is 210 g/mol. The topological polar surface area (TPSA) is 76.4 Å². The molecule has 0 heterocycles. The number of ether oxygens (including phenoxy) is 2. The van der Waals surface area contributed by atoms with Gasteiger partial charge in [0.05, 0.1) is 25.3 Å². The van der Waals surface area contributed by atoms with Crippen LogP contribution in [0.5, 0.6) is 5.75 Å². The second-order valence-electron chi connectivity index (χ2n) is 2.86. The van der Waals surface area contributed by atoms with Crippen LogP contribution in [0.1, 0.15) is 26.3 Å². The highest BCUT2D eigenvalue weighted by atomic mass is 16.5. The summed E-state index contributed by atoms with van der Waals surface area (Å²) in [6, 6.07) is 4.47. The number of nitriles is 1. The van der Waals surface area contributed by atoms with Crippen LogP contribution in [0, 0.1) is 11.3 Å². The Morgan fingerprint density at radius 3 is 2.56 bits per heavy atom. The number of esters is 1. The monoisotopic (exact) mass is 219 g/mol. The fourth-order valence-electron chi connectivity index (χ4n) is 1.24. The van der Waals surface area contributed by atoms with Gasteiger partial charge in [-0.3, -0.25) is 4.79 Å². The highest BCUT2D eigenvalue weighted by Gasteiger charge is 2.16. The average Bonchev–Trinajstić information content (AvgIpc) is 2.35. The minimum Gasteiger partial charge on any atom is -0.495 e. The van der Waals surface area contributed by atoms with Crippen LogP contribution in [0.3, 0.4) is 0 Å². The molecular formula is C11H9NO4. The summed E-state index contributed by atoms with van der Waals surface area (Å²) in [6.07, 6.45) is 0.493. The van der Waals surface area contributed by atoms with Crippen molar-refractivity contribution in [1.29, 1.82) is 5.26 Å². The molecule has 0 aliphatic rings. The van der Waals surface area contributed by atoms with Crippen molar-refractivity contribution in [2.45, 2.75) is 0 Å². The van der Waals surface area contributed by atoms with Gasteiger partial charge >= 0.3 is 5.97 Å². The Hall–Kier alpha value is -2.35. The van der Waals surface area contributed by atoms with Crippen molar-refractivity contribution in [2.24, 2.45) is 0 Å². The zero-order valence-corrected chi connectivity index (χ0v) is 8.81. The van der Waals surface area contributed by atoms with E-state index in [0.29, 0.717) is 6.29 Å². The molecule has 0 saturated heterocycles. The Balaban J connectivity index is 3.44. The first kappa shape index (κ1) is 11.7. The molecule has 0 unspecified atom stereocenters. The van der Waals surface area contributed by atoms with E-state index in [-0.39, 0.29) is 22.4 Å². The zero-order valence-electron chi connectivity index (χ0n) is 8.81. The first-order valence-electron chi connectivity index (χ1n) is 4.33. The van der Waals surface area contributed by atoms with E-state index in [2.05, 4.69) is 4.74 Å². The summed E-state index contributed by atoms with van der Waals surface area (Å²) in [5.74, 6) is -0.418. The second kappa shape index (κ2) is 4.94. The van der Waals surface area contributed by atoms with Gasteiger partial charge in [-0.05, 0) is 12.1 Å². The number of hydrogen-bond donors (Lipinski definition) is 0. The minimum absolute atomic E-state index is 0.0772. The molecule has 1 aromatic carbocycles. The first-order chi connectivity index (χ1) is 7.67. The normalized spacial score (nSPS) is 9.06. The molecule has 1 rings (SSSR count). The van der Waals surface area contributed by atoms with Crippen LogP contribution in [0.25, 0.3) is 0 Å². The first-order valence-corrected chi connectivity index (χ1v) is 4.33. The van der Waals surface area contributed by atoms with Crippen molar-refractivity contribution >= 4 is 12.3 Å². The lowest BCUT2D eigenvalue weighted by atomic mass is 10.0. The minimum atomic E-state index is -0.648. The smallest absolute Gasteiger partial charge is 0.338 e. The lowest BCUT2D eigenvalue weighted by molar-refractivity contribution is 0.0598. The molecule has 0 N–H and O–H groups in total. The molecule has 0 atom stereocenters. The van der Waals surface area contributed by atoms with Crippen molar-refractivity contribution in [2.75, 3.05) is 14.2 Å². The van der Waals surface area contributed by atoms with E-state index in [1.165, 1.54) is 26.4 Å². The zero-order chi connectivity index (χ0) is 12.1. The quantitative estimate of drug-likeness (QED) is 0.563. The molecule has 0 aliphatic carbocycles. The molecule has 0 radical (unpaired) electrons. The summed E-state index contributed by atoms with van der Waals surface area (Å²) < 4.78 is 9.44. The van der Waals surface area contributed by atoms with Gasteiger partial charge in [0.2, 0.25) is 0 Å². The van der Waals surface area contributed by atoms with Gasteiger partial charge in [-0.1, -0.05) is 0 Å². The summed E-state index contributed by atoms with van der Waals surface area (Å²) >= 11 is 0. The third-order valence-electron chi connectivity index (χ3n) is 2.02. The van der Waals surface area contributed by atoms with Gasteiger partial charge in [0, 0.05) is 5.56 Å². The van der Waals surface area contributed by atoms with Gasteiger partial charge in [-0.2, -0.15) is 5.26 Å². The predicted molar refractivity (Wildman–Crippen MR) is 54.4 cm³/mol. The van der Waals surface area contributed by atoms with Crippen molar-refractivity contribution in [3.63, 3.8) is 0 Å². The van der Waals surface area contributed by atoms with E-state index in [1.54, 1.807) is 0 Å². The van der Waals surface area contributed by atoms with E-state index >= 15 is 0 Å². The second-order valence-corrected chi connectivity index (χ2v) is 2.86. The van der Waals surface area contributed by atoms with Crippen molar-refractivity contribution in [1.82, 2.24) is 0 Å². The molecule has 0 bridgehead atoms. The van der Waals surface area contributed by atoms with E-state index in [0.717, 1.165) is 0 Å².